The van der Waals surface area contributed by atoms with Crippen molar-refractivity contribution in [2.75, 3.05) is 18.5 Å². The molecule has 0 saturated heterocycles. The van der Waals surface area contributed by atoms with Crippen LogP contribution >= 0.6 is 11.3 Å². The molecule has 8 heteroatoms. The number of halogens is 2. The smallest absolute Gasteiger partial charge is 0.249 e. The van der Waals surface area contributed by atoms with Crippen LogP contribution in [0.1, 0.15) is 23.6 Å². The molecule has 0 radical (unpaired) electrons. The Morgan fingerprint density at radius 2 is 2.00 bits per heavy atom. The Balaban J connectivity index is 1.99. The standard InChI is InChI=1S/C17H14F2N2O3S/c1-8-15(22)21-16-12(9-7-23-5-6-24-17(9)25-16)14(20-8)13-10(18)3-2-4-11(13)19/h2-4,8H,5-7H2,1H3,(H,21,22)/t8-/m0/s1. The van der Waals surface area contributed by atoms with E-state index in [-0.39, 0.29) is 23.8 Å². The molecule has 1 aromatic carbocycles. The maximum absolute atomic E-state index is 14.4. The first-order chi connectivity index (χ1) is 12.1. The first-order valence-electron chi connectivity index (χ1n) is 7.76. The van der Waals surface area contributed by atoms with Crippen LogP contribution in [0.4, 0.5) is 13.8 Å². The third kappa shape index (κ3) is 2.71. The number of amides is 1. The van der Waals surface area contributed by atoms with Gasteiger partial charge in [-0.25, -0.2) is 8.78 Å². The second-order valence-electron chi connectivity index (χ2n) is 5.71. The summed E-state index contributed by atoms with van der Waals surface area (Å²) in [4.78, 5) is 16.6. The lowest BCUT2D eigenvalue weighted by Gasteiger charge is -2.11. The van der Waals surface area contributed by atoms with Crippen molar-refractivity contribution in [1.29, 1.82) is 0 Å². The molecule has 0 saturated carbocycles. The van der Waals surface area contributed by atoms with E-state index in [9.17, 15) is 13.6 Å². The Morgan fingerprint density at radius 1 is 1.24 bits per heavy atom. The predicted molar refractivity (Wildman–Crippen MR) is 89.6 cm³/mol. The molecule has 0 unspecified atom stereocenters. The fourth-order valence-corrected chi connectivity index (χ4v) is 3.93. The van der Waals surface area contributed by atoms with Crippen molar-refractivity contribution in [2.45, 2.75) is 19.6 Å². The minimum absolute atomic E-state index is 0.100. The molecular weight excluding hydrogens is 350 g/mol. The van der Waals surface area contributed by atoms with E-state index < -0.39 is 17.7 Å². The van der Waals surface area contributed by atoms with E-state index in [0.29, 0.717) is 34.4 Å². The van der Waals surface area contributed by atoms with Gasteiger partial charge in [-0.3, -0.25) is 9.79 Å². The Bertz CT molecular complexity index is 874. The van der Waals surface area contributed by atoms with E-state index in [4.69, 9.17) is 9.47 Å². The van der Waals surface area contributed by atoms with E-state index >= 15 is 0 Å². The minimum Gasteiger partial charge on any atom is -0.481 e. The van der Waals surface area contributed by atoms with Gasteiger partial charge in [-0.15, -0.1) is 0 Å². The van der Waals surface area contributed by atoms with Crippen molar-refractivity contribution in [2.24, 2.45) is 4.99 Å². The Hall–Kier alpha value is -2.32. The molecule has 25 heavy (non-hydrogen) atoms. The van der Waals surface area contributed by atoms with Gasteiger partial charge in [-0.1, -0.05) is 17.4 Å². The summed E-state index contributed by atoms with van der Waals surface area (Å²) in [6.45, 7) is 2.59. The average molecular weight is 364 g/mol. The first kappa shape index (κ1) is 16.2. The summed E-state index contributed by atoms with van der Waals surface area (Å²) in [6.07, 6.45) is 0. The van der Waals surface area contributed by atoms with Gasteiger partial charge in [0, 0.05) is 11.1 Å². The summed E-state index contributed by atoms with van der Waals surface area (Å²) in [7, 11) is 0. The van der Waals surface area contributed by atoms with E-state index in [2.05, 4.69) is 10.3 Å². The molecule has 2 aliphatic rings. The second kappa shape index (κ2) is 6.20. The van der Waals surface area contributed by atoms with Crippen molar-refractivity contribution in [3.63, 3.8) is 0 Å². The van der Waals surface area contributed by atoms with Crippen LogP contribution in [0.5, 0.6) is 5.06 Å². The number of hydrogen-bond donors (Lipinski definition) is 1. The molecule has 0 aliphatic carbocycles. The molecule has 5 nitrogen and oxygen atoms in total. The molecule has 2 aliphatic heterocycles. The number of hydrogen-bond acceptors (Lipinski definition) is 5. The Labute approximate surface area is 146 Å². The summed E-state index contributed by atoms with van der Waals surface area (Å²) >= 11 is 1.22. The Morgan fingerprint density at radius 3 is 2.76 bits per heavy atom. The van der Waals surface area contributed by atoms with Crippen LogP contribution in [0.2, 0.25) is 0 Å². The van der Waals surface area contributed by atoms with Crippen LogP contribution in [0.15, 0.2) is 23.2 Å². The van der Waals surface area contributed by atoms with Crippen LogP contribution < -0.4 is 10.1 Å². The minimum atomic E-state index is -0.781. The van der Waals surface area contributed by atoms with Crippen LogP contribution in [0.3, 0.4) is 0 Å². The van der Waals surface area contributed by atoms with Gasteiger partial charge in [0.25, 0.3) is 0 Å². The van der Waals surface area contributed by atoms with Crippen LogP contribution in [0.25, 0.3) is 0 Å². The summed E-state index contributed by atoms with van der Waals surface area (Å²) in [6, 6.07) is 2.85. The monoisotopic (exact) mass is 364 g/mol. The SMILES string of the molecule is C[C@@H]1N=C(c2c(F)cccc2F)c2c(sc3c2COCCO3)NC1=O. The summed E-state index contributed by atoms with van der Waals surface area (Å²) in [5.41, 5.74) is 0.955. The van der Waals surface area contributed by atoms with Crippen molar-refractivity contribution in [1.82, 2.24) is 0 Å². The van der Waals surface area contributed by atoms with Gasteiger partial charge in [0.2, 0.25) is 5.91 Å². The Kier molecular flexibility index (Phi) is 4.01. The van der Waals surface area contributed by atoms with Gasteiger partial charge in [-0.05, 0) is 19.1 Å². The zero-order valence-electron chi connectivity index (χ0n) is 13.3. The van der Waals surface area contributed by atoms with Gasteiger partial charge < -0.3 is 14.8 Å². The van der Waals surface area contributed by atoms with Gasteiger partial charge in [0.15, 0.2) is 5.06 Å². The van der Waals surface area contributed by atoms with Crippen molar-refractivity contribution in [3.05, 3.63) is 46.5 Å². The molecule has 2 aromatic rings. The number of carbonyl (C=O) groups excluding carboxylic acids is 1. The fraction of sp³-hybridized carbons (Fsp3) is 0.294. The molecule has 4 rings (SSSR count). The number of fused-ring (bicyclic) bond motifs is 3. The lowest BCUT2D eigenvalue weighted by atomic mass is 9.99. The third-order valence-electron chi connectivity index (χ3n) is 4.05. The van der Waals surface area contributed by atoms with Gasteiger partial charge in [0.05, 0.1) is 24.5 Å². The molecule has 1 aromatic heterocycles. The highest BCUT2D eigenvalue weighted by Crippen LogP contribution is 2.43. The number of nitrogens with one attached hydrogen (secondary N) is 1. The number of aliphatic imine (C=N–C) groups is 1. The molecule has 0 spiro atoms. The molecule has 1 atom stereocenters. The zero-order valence-corrected chi connectivity index (χ0v) is 14.1. The second-order valence-corrected chi connectivity index (χ2v) is 6.70. The number of thiophene rings is 1. The zero-order chi connectivity index (χ0) is 17.6. The van der Waals surface area contributed by atoms with Gasteiger partial charge in [0.1, 0.15) is 29.3 Å². The predicted octanol–water partition coefficient (Wildman–Crippen LogP) is 3.11. The molecule has 0 fully saturated rings. The van der Waals surface area contributed by atoms with Crippen LogP contribution in [-0.2, 0) is 16.1 Å². The number of ether oxygens (including phenoxy) is 2. The highest BCUT2D eigenvalue weighted by Gasteiger charge is 2.33. The van der Waals surface area contributed by atoms with Crippen molar-refractivity contribution in [3.8, 4) is 5.06 Å². The third-order valence-corrected chi connectivity index (χ3v) is 5.11. The summed E-state index contributed by atoms with van der Waals surface area (Å²) < 4.78 is 40.0. The molecule has 1 N–H and O–H groups in total. The molecule has 3 heterocycles. The number of benzene rings is 1. The van der Waals surface area contributed by atoms with Gasteiger partial charge in [-0.2, -0.15) is 0 Å². The maximum Gasteiger partial charge on any atom is 0.249 e. The van der Waals surface area contributed by atoms with E-state index in [1.165, 1.54) is 29.5 Å². The van der Waals surface area contributed by atoms with Crippen LogP contribution in [0, 0.1) is 11.6 Å². The van der Waals surface area contributed by atoms with E-state index in [1.807, 2.05) is 0 Å². The molecule has 130 valence electrons. The van der Waals surface area contributed by atoms with Crippen LogP contribution in [-0.4, -0.2) is 30.9 Å². The fourth-order valence-electron chi connectivity index (χ4n) is 2.84. The highest BCUT2D eigenvalue weighted by atomic mass is 32.1. The van der Waals surface area contributed by atoms with Crippen molar-refractivity contribution >= 4 is 28.0 Å². The first-order valence-corrected chi connectivity index (χ1v) is 8.57. The number of carbonyl (C=O) groups is 1. The largest absolute Gasteiger partial charge is 0.481 e. The van der Waals surface area contributed by atoms with Crippen molar-refractivity contribution < 1.29 is 23.0 Å². The lowest BCUT2D eigenvalue weighted by Crippen LogP contribution is -2.22. The lowest BCUT2D eigenvalue weighted by molar-refractivity contribution is -0.116. The highest BCUT2D eigenvalue weighted by molar-refractivity contribution is 7.18. The van der Waals surface area contributed by atoms with E-state index in [1.54, 1.807) is 6.92 Å². The normalized spacial score (nSPS) is 19.7. The molecule has 1 amide bonds. The molecule has 0 bridgehead atoms. The quantitative estimate of drug-likeness (QED) is 0.846. The number of anilines is 1. The topological polar surface area (TPSA) is 59.9 Å². The number of nitrogens with zero attached hydrogens (tertiary/aromatic N) is 1. The summed E-state index contributed by atoms with van der Waals surface area (Å²) in [5, 5.41) is 3.81. The maximum atomic E-state index is 14.4. The number of rotatable bonds is 1. The summed E-state index contributed by atoms with van der Waals surface area (Å²) in [5.74, 6) is -1.81. The van der Waals surface area contributed by atoms with E-state index in [0.717, 1.165) is 0 Å². The average Bonchev–Trinajstić information content (AvgIpc) is 2.70. The molecular formula is C17H14F2N2O3S. The van der Waals surface area contributed by atoms with Gasteiger partial charge >= 0.3 is 0 Å².